The van der Waals surface area contributed by atoms with Crippen molar-refractivity contribution in [1.29, 1.82) is 0 Å². The molecule has 2 aromatic carbocycles. The molecule has 196 valence electrons. The zero-order chi connectivity index (χ0) is 26.4. The third kappa shape index (κ3) is 4.53. The monoisotopic (exact) mass is 566 g/mol. The molecule has 1 N–H and O–H groups in total. The molecule has 2 amide bonds. The standard InChI is InChI=1S/C27H26N4O4S3/c1-17(32)30-15-12-20-23(16-30)37-27(24(20)26-28-21-6-2-3-7-22(21)36-26)29-25(33)18-8-10-19(11-9-18)38(34,35)31-13-4-5-14-31/h2-3,6-11H,4-5,12-16H2,1H3,(H,29,33). The predicted octanol–water partition coefficient (Wildman–Crippen LogP) is 4.97. The molecule has 2 aliphatic heterocycles. The second kappa shape index (κ2) is 9.88. The maximum atomic E-state index is 13.3. The maximum Gasteiger partial charge on any atom is 0.256 e. The first-order valence-electron chi connectivity index (χ1n) is 12.5. The van der Waals surface area contributed by atoms with Gasteiger partial charge in [0.2, 0.25) is 15.9 Å². The van der Waals surface area contributed by atoms with E-state index in [1.165, 1.54) is 27.8 Å². The van der Waals surface area contributed by atoms with Crippen LogP contribution in [0.2, 0.25) is 0 Å². The van der Waals surface area contributed by atoms with E-state index < -0.39 is 10.0 Å². The number of aromatic nitrogens is 1. The zero-order valence-corrected chi connectivity index (χ0v) is 23.2. The van der Waals surface area contributed by atoms with Crippen LogP contribution in [0.5, 0.6) is 0 Å². The average Bonchev–Trinajstić information content (AvgIpc) is 3.66. The quantitative estimate of drug-likeness (QED) is 0.368. The first-order valence-corrected chi connectivity index (χ1v) is 15.6. The zero-order valence-electron chi connectivity index (χ0n) is 20.8. The SMILES string of the molecule is CC(=O)N1CCc2c(sc(NC(=O)c3ccc(S(=O)(=O)N4CCCC4)cc3)c2-c2nc3ccccc3s2)C1. The Morgan fingerprint density at radius 1 is 0.974 bits per heavy atom. The number of carbonyl (C=O) groups is 2. The van der Waals surface area contributed by atoms with Crippen LogP contribution in [0, 0.1) is 0 Å². The number of anilines is 1. The van der Waals surface area contributed by atoms with E-state index in [1.54, 1.807) is 30.4 Å². The van der Waals surface area contributed by atoms with Gasteiger partial charge in [-0.05, 0) is 61.2 Å². The van der Waals surface area contributed by atoms with Gasteiger partial charge in [-0.25, -0.2) is 13.4 Å². The molecule has 11 heteroatoms. The van der Waals surface area contributed by atoms with Crippen LogP contribution >= 0.6 is 22.7 Å². The van der Waals surface area contributed by atoms with Crippen molar-refractivity contribution in [2.75, 3.05) is 25.0 Å². The van der Waals surface area contributed by atoms with Gasteiger partial charge in [-0.1, -0.05) is 12.1 Å². The number of nitrogens with one attached hydrogen (secondary N) is 1. The van der Waals surface area contributed by atoms with Crippen molar-refractivity contribution in [3.63, 3.8) is 0 Å². The van der Waals surface area contributed by atoms with E-state index in [2.05, 4.69) is 5.32 Å². The molecule has 1 saturated heterocycles. The molecule has 8 nitrogen and oxygen atoms in total. The summed E-state index contributed by atoms with van der Waals surface area (Å²) in [5.74, 6) is -0.292. The Labute approximate surface area is 229 Å². The van der Waals surface area contributed by atoms with E-state index in [-0.39, 0.29) is 16.7 Å². The van der Waals surface area contributed by atoms with Gasteiger partial charge in [-0.3, -0.25) is 9.59 Å². The first kappa shape index (κ1) is 25.2. The Bertz CT molecular complexity index is 1620. The molecule has 0 radical (unpaired) electrons. The lowest BCUT2D eigenvalue weighted by Crippen LogP contribution is -2.33. The summed E-state index contributed by atoms with van der Waals surface area (Å²) in [7, 11) is -3.55. The Kier molecular flexibility index (Phi) is 6.55. The normalized spacial score (nSPS) is 16.1. The number of hydrogen-bond donors (Lipinski definition) is 1. The number of sulfonamides is 1. The summed E-state index contributed by atoms with van der Waals surface area (Å²) in [4.78, 5) is 33.3. The topological polar surface area (TPSA) is 99.7 Å². The van der Waals surface area contributed by atoms with Gasteiger partial charge in [0.15, 0.2) is 0 Å². The summed E-state index contributed by atoms with van der Waals surface area (Å²) >= 11 is 3.05. The van der Waals surface area contributed by atoms with E-state index in [4.69, 9.17) is 4.98 Å². The Hall–Kier alpha value is -3.12. The van der Waals surface area contributed by atoms with E-state index in [0.29, 0.717) is 43.2 Å². The summed E-state index contributed by atoms with van der Waals surface area (Å²) in [6.45, 7) is 3.76. The maximum absolute atomic E-state index is 13.3. The second-order valence-corrected chi connectivity index (χ2v) is 13.5. The van der Waals surface area contributed by atoms with E-state index in [0.717, 1.165) is 44.1 Å². The molecule has 0 atom stereocenters. The number of para-hydroxylation sites is 1. The van der Waals surface area contributed by atoms with Gasteiger partial charge < -0.3 is 10.2 Å². The number of amides is 2. The number of benzene rings is 2. The smallest absolute Gasteiger partial charge is 0.256 e. The largest absolute Gasteiger partial charge is 0.337 e. The fraction of sp³-hybridized carbons (Fsp3) is 0.296. The lowest BCUT2D eigenvalue weighted by atomic mass is 10.0. The number of nitrogens with zero attached hydrogens (tertiary/aromatic N) is 3. The molecule has 0 unspecified atom stereocenters. The molecule has 1 fully saturated rings. The summed E-state index contributed by atoms with van der Waals surface area (Å²) in [6.07, 6.45) is 2.42. The van der Waals surface area contributed by atoms with E-state index in [1.807, 2.05) is 29.2 Å². The lowest BCUT2D eigenvalue weighted by Gasteiger charge is -2.26. The number of thiophene rings is 1. The van der Waals surface area contributed by atoms with Crippen LogP contribution in [-0.2, 0) is 27.8 Å². The number of carbonyl (C=O) groups excluding carboxylic acids is 2. The highest BCUT2D eigenvalue weighted by molar-refractivity contribution is 7.89. The number of hydrogen-bond acceptors (Lipinski definition) is 7. The number of rotatable bonds is 5. The molecule has 0 aliphatic carbocycles. The van der Waals surface area contributed by atoms with E-state index >= 15 is 0 Å². The minimum atomic E-state index is -3.55. The van der Waals surface area contributed by atoms with Gasteiger partial charge in [-0.2, -0.15) is 4.31 Å². The van der Waals surface area contributed by atoms with Crippen molar-refractivity contribution in [1.82, 2.24) is 14.2 Å². The first-order chi connectivity index (χ1) is 18.3. The van der Waals surface area contributed by atoms with Crippen LogP contribution in [-0.4, -0.2) is 54.1 Å². The molecule has 2 aromatic heterocycles. The Morgan fingerprint density at radius 3 is 2.42 bits per heavy atom. The molecular formula is C27H26N4O4S3. The van der Waals surface area contributed by atoms with E-state index in [9.17, 15) is 18.0 Å². The van der Waals surface area contributed by atoms with Gasteiger partial charge in [-0.15, -0.1) is 22.7 Å². The molecule has 0 spiro atoms. The number of fused-ring (bicyclic) bond motifs is 2. The molecular weight excluding hydrogens is 541 g/mol. The lowest BCUT2D eigenvalue weighted by molar-refractivity contribution is -0.129. The van der Waals surface area contributed by atoms with Crippen LogP contribution in [0.3, 0.4) is 0 Å². The summed E-state index contributed by atoms with van der Waals surface area (Å²) in [5, 5.41) is 4.60. The average molecular weight is 567 g/mol. The van der Waals surface area contributed by atoms with Gasteiger partial charge in [0.25, 0.3) is 5.91 Å². The molecule has 38 heavy (non-hydrogen) atoms. The van der Waals surface area contributed by atoms with Crippen LogP contribution < -0.4 is 5.32 Å². The molecule has 4 aromatic rings. The van der Waals surface area contributed by atoms with Gasteiger partial charge >= 0.3 is 0 Å². The van der Waals surface area contributed by atoms with Gasteiger partial charge in [0.05, 0.1) is 21.7 Å². The van der Waals surface area contributed by atoms with Crippen molar-refractivity contribution < 1.29 is 18.0 Å². The third-order valence-electron chi connectivity index (χ3n) is 7.06. The van der Waals surface area contributed by atoms with Crippen molar-refractivity contribution in [2.24, 2.45) is 0 Å². The Morgan fingerprint density at radius 2 is 1.71 bits per heavy atom. The van der Waals surface area contributed by atoms with Gasteiger partial charge in [0.1, 0.15) is 10.0 Å². The highest BCUT2D eigenvalue weighted by Gasteiger charge is 2.30. The fourth-order valence-electron chi connectivity index (χ4n) is 5.00. The minimum Gasteiger partial charge on any atom is -0.337 e. The highest BCUT2D eigenvalue weighted by atomic mass is 32.2. The van der Waals surface area contributed by atoms with Crippen LogP contribution in [0.25, 0.3) is 20.8 Å². The minimum absolute atomic E-state index is 0.0279. The van der Waals surface area contributed by atoms with Gasteiger partial charge in [0, 0.05) is 42.6 Å². The Balaban J connectivity index is 1.33. The predicted molar refractivity (Wildman–Crippen MR) is 150 cm³/mol. The molecule has 2 aliphatic rings. The fourth-order valence-corrected chi connectivity index (χ4v) is 8.88. The van der Waals surface area contributed by atoms with Crippen LogP contribution in [0.4, 0.5) is 5.00 Å². The summed E-state index contributed by atoms with van der Waals surface area (Å²) in [6, 6.07) is 14.1. The second-order valence-electron chi connectivity index (χ2n) is 9.47. The summed E-state index contributed by atoms with van der Waals surface area (Å²) in [5.41, 5.74) is 3.31. The number of thiazole rings is 1. The van der Waals surface area contributed by atoms with Crippen LogP contribution in [0.1, 0.15) is 40.6 Å². The van der Waals surface area contributed by atoms with Crippen molar-refractivity contribution in [2.45, 2.75) is 37.6 Å². The highest BCUT2D eigenvalue weighted by Crippen LogP contribution is 2.45. The van der Waals surface area contributed by atoms with Crippen molar-refractivity contribution >= 4 is 59.7 Å². The van der Waals surface area contributed by atoms with Crippen LogP contribution in [0.15, 0.2) is 53.4 Å². The van der Waals surface area contributed by atoms with Crippen molar-refractivity contribution in [3.05, 3.63) is 64.5 Å². The van der Waals surface area contributed by atoms with Crippen molar-refractivity contribution in [3.8, 4) is 10.6 Å². The molecule has 0 bridgehead atoms. The third-order valence-corrected chi connectivity index (χ3v) is 11.2. The molecule has 6 rings (SSSR count). The molecule has 4 heterocycles. The summed E-state index contributed by atoms with van der Waals surface area (Å²) < 4.78 is 28.3. The molecule has 0 saturated carbocycles.